The number of amides is 2. The van der Waals surface area contributed by atoms with Crippen LogP contribution in [0.15, 0.2) is 36.5 Å². The Hall–Kier alpha value is -2.23. The Morgan fingerprint density at radius 3 is 2.81 bits per heavy atom. The van der Waals surface area contributed by atoms with E-state index < -0.39 is 0 Å². The van der Waals surface area contributed by atoms with Crippen molar-refractivity contribution in [1.29, 1.82) is 0 Å². The summed E-state index contributed by atoms with van der Waals surface area (Å²) in [7, 11) is 0. The van der Waals surface area contributed by atoms with E-state index in [9.17, 15) is 4.79 Å². The number of carbonyl (C=O) groups excluding carboxylic acids is 1. The molecule has 0 fully saturated rings. The van der Waals surface area contributed by atoms with E-state index in [1.165, 1.54) is 11.3 Å². The fourth-order valence-corrected chi connectivity index (χ4v) is 3.00. The van der Waals surface area contributed by atoms with Crippen LogP contribution in [-0.2, 0) is 6.54 Å². The van der Waals surface area contributed by atoms with Crippen LogP contribution in [0.3, 0.4) is 0 Å². The van der Waals surface area contributed by atoms with Crippen molar-refractivity contribution in [2.24, 2.45) is 0 Å². The van der Waals surface area contributed by atoms with E-state index in [0.717, 1.165) is 24.3 Å². The molecule has 2 aromatic rings. The van der Waals surface area contributed by atoms with Gasteiger partial charge in [-0.3, -0.25) is 0 Å². The number of nitrogens with one attached hydrogen (secondary N) is 1. The fourth-order valence-electron chi connectivity index (χ4n) is 3.00. The van der Waals surface area contributed by atoms with Gasteiger partial charge in [-0.25, -0.2) is 4.79 Å². The summed E-state index contributed by atoms with van der Waals surface area (Å²) in [6.07, 6.45) is 2.07. The zero-order valence-electron chi connectivity index (χ0n) is 12.8. The lowest BCUT2D eigenvalue weighted by atomic mass is 10.1. The van der Waals surface area contributed by atoms with E-state index in [1.54, 1.807) is 0 Å². The Kier molecular flexibility index (Phi) is 3.45. The number of urea groups is 1. The first-order valence-corrected chi connectivity index (χ1v) is 7.36. The van der Waals surface area contributed by atoms with Gasteiger partial charge in [0.1, 0.15) is 0 Å². The summed E-state index contributed by atoms with van der Waals surface area (Å²) in [5.74, 6) is 0. The van der Waals surface area contributed by atoms with Crippen LogP contribution in [0.5, 0.6) is 0 Å². The molecule has 1 aromatic heterocycles. The van der Waals surface area contributed by atoms with Gasteiger partial charge in [-0.05, 0) is 44.5 Å². The molecule has 0 radical (unpaired) electrons. The van der Waals surface area contributed by atoms with Crippen molar-refractivity contribution in [2.45, 2.75) is 33.4 Å². The molecule has 0 unspecified atom stereocenters. The minimum absolute atomic E-state index is 0.0260. The molecule has 0 bridgehead atoms. The Balaban J connectivity index is 1.77. The summed E-state index contributed by atoms with van der Waals surface area (Å²) >= 11 is 0. The average Bonchev–Trinajstić information content (AvgIpc) is 2.91. The van der Waals surface area contributed by atoms with Crippen LogP contribution in [0, 0.1) is 13.8 Å². The molecule has 2 amide bonds. The second kappa shape index (κ2) is 5.28. The molecular formula is C17H21N3O. The SMILES string of the molecule is Cc1ccc(NC(=O)N2CCn3cccc3[C@@H]2C)c(C)c1. The zero-order chi connectivity index (χ0) is 15.0. The van der Waals surface area contributed by atoms with E-state index in [-0.39, 0.29) is 12.1 Å². The predicted octanol–water partition coefficient (Wildman–Crippen LogP) is 3.71. The highest BCUT2D eigenvalue weighted by molar-refractivity contribution is 5.90. The molecule has 110 valence electrons. The van der Waals surface area contributed by atoms with Gasteiger partial charge in [-0.2, -0.15) is 0 Å². The average molecular weight is 283 g/mol. The molecule has 1 N–H and O–H groups in total. The third kappa shape index (κ3) is 2.53. The lowest BCUT2D eigenvalue weighted by molar-refractivity contribution is 0.175. The molecule has 1 aliphatic rings. The van der Waals surface area contributed by atoms with E-state index in [1.807, 2.05) is 30.0 Å². The summed E-state index contributed by atoms with van der Waals surface area (Å²) in [5, 5.41) is 3.04. The van der Waals surface area contributed by atoms with E-state index >= 15 is 0 Å². The Morgan fingerprint density at radius 2 is 2.05 bits per heavy atom. The van der Waals surface area contributed by atoms with Gasteiger partial charge < -0.3 is 14.8 Å². The smallest absolute Gasteiger partial charge is 0.322 e. The highest BCUT2D eigenvalue weighted by atomic mass is 16.2. The number of rotatable bonds is 1. The molecule has 1 aromatic carbocycles. The molecule has 21 heavy (non-hydrogen) atoms. The minimum Gasteiger partial charge on any atom is -0.348 e. The van der Waals surface area contributed by atoms with Crippen molar-refractivity contribution >= 4 is 11.7 Å². The Morgan fingerprint density at radius 1 is 1.24 bits per heavy atom. The quantitative estimate of drug-likeness (QED) is 0.851. The van der Waals surface area contributed by atoms with Crippen LogP contribution < -0.4 is 5.32 Å². The molecule has 0 spiro atoms. The van der Waals surface area contributed by atoms with Gasteiger partial charge in [0.05, 0.1) is 6.04 Å². The number of carbonyl (C=O) groups is 1. The molecule has 0 saturated carbocycles. The van der Waals surface area contributed by atoms with Crippen LogP contribution in [0.4, 0.5) is 10.5 Å². The van der Waals surface area contributed by atoms with Gasteiger partial charge in [-0.1, -0.05) is 17.7 Å². The van der Waals surface area contributed by atoms with Crippen molar-refractivity contribution in [3.63, 3.8) is 0 Å². The first-order chi connectivity index (χ1) is 10.1. The number of fused-ring (bicyclic) bond motifs is 1. The number of aromatic nitrogens is 1. The Bertz CT molecular complexity index is 674. The second-order valence-electron chi connectivity index (χ2n) is 5.74. The summed E-state index contributed by atoms with van der Waals surface area (Å²) in [6, 6.07) is 10.3. The maximum atomic E-state index is 12.6. The molecule has 3 rings (SSSR count). The summed E-state index contributed by atoms with van der Waals surface area (Å²) in [6.45, 7) is 7.74. The molecule has 0 aliphatic carbocycles. The van der Waals surface area contributed by atoms with Crippen LogP contribution in [0.2, 0.25) is 0 Å². The molecule has 1 atom stereocenters. The maximum Gasteiger partial charge on any atom is 0.322 e. The summed E-state index contributed by atoms with van der Waals surface area (Å²) < 4.78 is 2.21. The fraction of sp³-hybridized carbons (Fsp3) is 0.353. The third-order valence-corrected chi connectivity index (χ3v) is 4.23. The third-order valence-electron chi connectivity index (χ3n) is 4.23. The molecule has 0 saturated heterocycles. The minimum atomic E-state index is -0.0260. The van der Waals surface area contributed by atoms with Gasteiger partial charge in [0.15, 0.2) is 0 Å². The van der Waals surface area contributed by atoms with Gasteiger partial charge >= 0.3 is 6.03 Å². The van der Waals surface area contributed by atoms with E-state index in [0.29, 0.717) is 0 Å². The second-order valence-corrected chi connectivity index (χ2v) is 5.74. The molecule has 1 aliphatic heterocycles. The van der Waals surface area contributed by atoms with Gasteiger partial charge in [-0.15, -0.1) is 0 Å². The van der Waals surface area contributed by atoms with Gasteiger partial charge in [0.25, 0.3) is 0 Å². The Labute approximate surface area is 125 Å². The topological polar surface area (TPSA) is 37.3 Å². The van der Waals surface area contributed by atoms with E-state index in [2.05, 4.69) is 42.1 Å². The molecule has 4 heteroatoms. The zero-order valence-corrected chi connectivity index (χ0v) is 12.8. The highest BCUT2D eigenvalue weighted by Gasteiger charge is 2.27. The van der Waals surface area contributed by atoms with Crippen molar-refractivity contribution in [3.8, 4) is 0 Å². The summed E-state index contributed by atoms with van der Waals surface area (Å²) in [4.78, 5) is 14.4. The first-order valence-electron chi connectivity index (χ1n) is 7.36. The molecule has 4 nitrogen and oxygen atoms in total. The van der Waals surface area contributed by atoms with Crippen molar-refractivity contribution < 1.29 is 4.79 Å². The van der Waals surface area contributed by atoms with E-state index in [4.69, 9.17) is 0 Å². The van der Waals surface area contributed by atoms with Crippen molar-refractivity contribution in [3.05, 3.63) is 53.3 Å². The maximum absolute atomic E-state index is 12.6. The summed E-state index contributed by atoms with van der Waals surface area (Å²) in [5.41, 5.74) is 4.38. The highest BCUT2D eigenvalue weighted by Crippen LogP contribution is 2.26. The number of anilines is 1. The number of hydrogen-bond acceptors (Lipinski definition) is 1. The van der Waals surface area contributed by atoms with Crippen molar-refractivity contribution in [1.82, 2.24) is 9.47 Å². The lowest BCUT2D eigenvalue weighted by Gasteiger charge is -2.35. The molecular weight excluding hydrogens is 262 g/mol. The van der Waals surface area contributed by atoms with Crippen molar-refractivity contribution in [2.75, 3.05) is 11.9 Å². The van der Waals surface area contributed by atoms with Gasteiger partial charge in [0.2, 0.25) is 0 Å². The standard InChI is InChI=1S/C17H21N3O/c1-12-6-7-15(13(2)11-12)18-17(21)20-10-9-19-8-4-5-16(19)14(20)3/h4-8,11,14H,9-10H2,1-3H3,(H,18,21)/t14-/m0/s1. The lowest BCUT2D eigenvalue weighted by Crippen LogP contribution is -2.43. The van der Waals surface area contributed by atoms with Crippen LogP contribution in [0.1, 0.15) is 29.8 Å². The largest absolute Gasteiger partial charge is 0.348 e. The van der Waals surface area contributed by atoms with Crippen LogP contribution >= 0.6 is 0 Å². The number of benzene rings is 1. The monoisotopic (exact) mass is 283 g/mol. The van der Waals surface area contributed by atoms with Gasteiger partial charge in [0, 0.05) is 30.7 Å². The first kappa shape index (κ1) is 13.7. The normalized spacial score (nSPS) is 17.5. The van der Waals surface area contributed by atoms with Crippen LogP contribution in [-0.4, -0.2) is 22.0 Å². The number of nitrogens with zero attached hydrogens (tertiary/aromatic N) is 2. The molecule has 2 heterocycles. The number of hydrogen-bond donors (Lipinski definition) is 1. The predicted molar refractivity (Wildman–Crippen MR) is 84.5 cm³/mol. The van der Waals surface area contributed by atoms with Crippen LogP contribution in [0.25, 0.3) is 0 Å². The number of aryl methyl sites for hydroxylation is 2.